The number of thioether (sulfide) groups is 1. The zero-order valence-corrected chi connectivity index (χ0v) is 13.7. The number of allylic oxidation sites excluding steroid dienone is 1. The van der Waals surface area contributed by atoms with Crippen LogP contribution in [0.15, 0.2) is 34.2 Å². The molecule has 0 fully saturated rings. The number of thiophene rings is 1. The van der Waals surface area contributed by atoms with Gasteiger partial charge in [-0.1, -0.05) is 18.7 Å². The summed E-state index contributed by atoms with van der Waals surface area (Å²) in [5.74, 6) is 0.921. The molecule has 2 aliphatic heterocycles. The molecule has 1 aromatic carbocycles. The molecule has 108 valence electrons. The SMILES string of the molecule is CCC1=C(c2cc3ccc(OC)cc3s2)N2CCN=C2S1. The van der Waals surface area contributed by atoms with Crippen molar-refractivity contribution in [1.82, 2.24) is 4.90 Å². The van der Waals surface area contributed by atoms with E-state index in [-0.39, 0.29) is 0 Å². The highest BCUT2D eigenvalue weighted by atomic mass is 32.2. The molecule has 3 nitrogen and oxygen atoms in total. The largest absolute Gasteiger partial charge is 0.497 e. The molecule has 4 rings (SSSR count). The van der Waals surface area contributed by atoms with Gasteiger partial charge in [-0.05, 0) is 36.1 Å². The van der Waals surface area contributed by atoms with Crippen molar-refractivity contribution in [2.45, 2.75) is 13.3 Å². The molecule has 0 spiro atoms. The smallest absolute Gasteiger partial charge is 0.168 e. The number of nitrogens with zero attached hydrogens (tertiary/aromatic N) is 2. The summed E-state index contributed by atoms with van der Waals surface area (Å²) >= 11 is 3.68. The maximum absolute atomic E-state index is 5.33. The van der Waals surface area contributed by atoms with Gasteiger partial charge in [0.05, 0.1) is 24.2 Å². The molecule has 0 saturated heterocycles. The maximum atomic E-state index is 5.33. The van der Waals surface area contributed by atoms with Crippen LogP contribution >= 0.6 is 23.1 Å². The van der Waals surface area contributed by atoms with Crippen LogP contribution in [0.2, 0.25) is 0 Å². The van der Waals surface area contributed by atoms with Crippen molar-refractivity contribution in [2.75, 3.05) is 20.2 Å². The van der Waals surface area contributed by atoms with E-state index in [1.807, 2.05) is 29.2 Å². The summed E-state index contributed by atoms with van der Waals surface area (Å²) < 4.78 is 6.61. The standard InChI is InChI=1S/C16H16N2OS2/c1-3-12-15(18-7-6-17-16(18)21-12)14-8-10-4-5-11(19-2)9-13(10)20-14/h4-5,8-9H,3,6-7H2,1-2H3. The first-order valence-corrected chi connectivity index (χ1v) is 8.74. The van der Waals surface area contributed by atoms with Gasteiger partial charge in [0.25, 0.3) is 0 Å². The lowest BCUT2D eigenvalue weighted by molar-refractivity contribution is 0.415. The highest BCUT2D eigenvalue weighted by Crippen LogP contribution is 2.46. The van der Waals surface area contributed by atoms with E-state index in [9.17, 15) is 0 Å². The van der Waals surface area contributed by atoms with Crippen molar-refractivity contribution >= 4 is 44.0 Å². The molecule has 0 aliphatic carbocycles. The van der Waals surface area contributed by atoms with Crippen LogP contribution in [0.3, 0.4) is 0 Å². The van der Waals surface area contributed by atoms with E-state index in [2.05, 4.69) is 35.0 Å². The van der Waals surface area contributed by atoms with Gasteiger partial charge in [-0.2, -0.15) is 0 Å². The van der Waals surface area contributed by atoms with E-state index in [0.717, 1.165) is 25.3 Å². The van der Waals surface area contributed by atoms with Gasteiger partial charge < -0.3 is 9.64 Å². The number of aliphatic imine (C=N–C) groups is 1. The number of methoxy groups -OCH3 is 1. The molecule has 0 atom stereocenters. The Hall–Kier alpha value is -1.46. The molecular weight excluding hydrogens is 300 g/mol. The Morgan fingerprint density at radius 2 is 2.24 bits per heavy atom. The molecule has 0 unspecified atom stereocenters. The maximum Gasteiger partial charge on any atom is 0.168 e. The summed E-state index contributed by atoms with van der Waals surface area (Å²) in [5.41, 5.74) is 1.37. The summed E-state index contributed by atoms with van der Waals surface area (Å²) in [7, 11) is 1.72. The summed E-state index contributed by atoms with van der Waals surface area (Å²) in [6.45, 7) is 4.15. The van der Waals surface area contributed by atoms with E-state index in [1.54, 1.807) is 7.11 Å². The predicted molar refractivity (Wildman–Crippen MR) is 92.2 cm³/mol. The minimum absolute atomic E-state index is 0.918. The highest BCUT2D eigenvalue weighted by molar-refractivity contribution is 8.17. The van der Waals surface area contributed by atoms with Crippen LogP contribution in [0, 0.1) is 0 Å². The minimum atomic E-state index is 0.918. The van der Waals surface area contributed by atoms with E-state index in [1.165, 1.54) is 30.7 Å². The average Bonchev–Trinajstić information content (AvgIpc) is 3.18. The van der Waals surface area contributed by atoms with Crippen molar-refractivity contribution in [2.24, 2.45) is 4.99 Å². The summed E-state index contributed by atoms with van der Waals surface area (Å²) in [4.78, 5) is 9.76. The van der Waals surface area contributed by atoms with E-state index in [0.29, 0.717) is 0 Å². The lowest BCUT2D eigenvalue weighted by Gasteiger charge is -2.15. The monoisotopic (exact) mass is 316 g/mol. The molecule has 0 radical (unpaired) electrons. The Bertz CT molecular complexity index is 776. The molecule has 0 N–H and O–H groups in total. The number of hydrogen-bond acceptors (Lipinski definition) is 5. The second-order valence-electron chi connectivity index (χ2n) is 5.06. The molecule has 0 amide bonds. The van der Waals surface area contributed by atoms with Gasteiger partial charge >= 0.3 is 0 Å². The summed E-state index contributed by atoms with van der Waals surface area (Å²) in [6, 6.07) is 8.59. The van der Waals surface area contributed by atoms with Gasteiger partial charge in [0.2, 0.25) is 0 Å². The predicted octanol–water partition coefficient (Wildman–Crippen LogP) is 4.41. The first-order valence-electron chi connectivity index (χ1n) is 7.11. The van der Waals surface area contributed by atoms with Crippen molar-refractivity contribution < 1.29 is 4.74 Å². The van der Waals surface area contributed by atoms with Gasteiger partial charge in [0.1, 0.15) is 5.75 Å². The van der Waals surface area contributed by atoms with Gasteiger partial charge in [0.15, 0.2) is 5.17 Å². The molecule has 21 heavy (non-hydrogen) atoms. The number of amidine groups is 1. The highest BCUT2D eigenvalue weighted by Gasteiger charge is 2.32. The molecule has 0 bridgehead atoms. The third kappa shape index (κ3) is 2.07. The number of ether oxygens (including phenoxy) is 1. The van der Waals surface area contributed by atoms with Crippen molar-refractivity contribution in [3.8, 4) is 5.75 Å². The zero-order valence-electron chi connectivity index (χ0n) is 12.0. The average molecular weight is 316 g/mol. The molecule has 2 aromatic rings. The number of fused-ring (bicyclic) bond motifs is 2. The second-order valence-corrected chi connectivity index (χ2v) is 7.20. The van der Waals surface area contributed by atoms with Gasteiger partial charge in [0, 0.05) is 16.1 Å². The van der Waals surface area contributed by atoms with Crippen LogP contribution in [0.1, 0.15) is 18.2 Å². The fraction of sp³-hybridized carbons (Fsp3) is 0.312. The molecule has 2 aliphatic rings. The molecule has 3 heterocycles. The lowest BCUT2D eigenvalue weighted by Crippen LogP contribution is -2.19. The Kier molecular flexibility index (Phi) is 3.19. The third-order valence-electron chi connectivity index (χ3n) is 3.83. The second kappa shape index (κ2) is 5.07. The Morgan fingerprint density at radius 1 is 1.33 bits per heavy atom. The van der Waals surface area contributed by atoms with Gasteiger partial charge in [-0.3, -0.25) is 4.99 Å². The topological polar surface area (TPSA) is 24.8 Å². The van der Waals surface area contributed by atoms with Crippen molar-refractivity contribution in [1.29, 1.82) is 0 Å². The first kappa shape index (κ1) is 13.2. The fourth-order valence-electron chi connectivity index (χ4n) is 2.80. The van der Waals surface area contributed by atoms with Crippen LogP contribution in [0.5, 0.6) is 5.75 Å². The van der Waals surface area contributed by atoms with Crippen LogP contribution in [-0.2, 0) is 0 Å². The first-order chi connectivity index (χ1) is 10.3. The lowest BCUT2D eigenvalue weighted by atomic mass is 10.2. The third-order valence-corrected chi connectivity index (χ3v) is 6.20. The number of rotatable bonds is 3. The number of hydrogen-bond donors (Lipinski definition) is 0. The van der Waals surface area contributed by atoms with Gasteiger partial charge in [-0.15, -0.1) is 11.3 Å². The van der Waals surface area contributed by atoms with Crippen LogP contribution in [-0.4, -0.2) is 30.3 Å². The molecule has 0 saturated carbocycles. The number of benzene rings is 1. The van der Waals surface area contributed by atoms with Crippen molar-refractivity contribution in [3.05, 3.63) is 34.0 Å². The van der Waals surface area contributed by atoms with Crippen LogP contribution < -0.4 is 4.74 Å². The Labute approximate surface area is 132 Å². The Morgan fingerprint density at radius 3 is 3.05 bits per heavy atom. The molecule has 5 heteroatoms. The minimum Gasteiger partial charge on any atom is -0.497 e. The molecule has 1 aromatic heterocycles. The quantitative estimate of drug-likeness (QED) is 0.838. The van der Waals surface area contributed by atoms with Crippen LogP contribution in [0.25, 0.3) is 15.8 Å². The Balaban J connectivity index is 1.83. The summed E-state index contributed by atoms with van der Waals surface area (Å²) in [5, 5.41) is 2.46. The summed E-state index contributed by atoms with van der Waals surface area (Å²) in [6.07, 6.45) is 1.06. The fourth-order valence-corrected chi connectivity index (χ4v) is 5.16. The van der Waals surface area contributed by atoms with Gasteiger partial charge in [-0.25, -0.2) is 0 Å². The van der Waals surface area contributed by atoms with E-state index >= 15 is 0 Å². The van der Waals surface area contributed by atoms with Crippen molar-refractivity contribution in [3.63, 3.8) is 0 Å². The van der Waals surface area contributed by atoms with E-state index < -0.39 is 0 Å². The molecular formula is C16H16N2OS2. The van der Waals surface area contributed by atoms with E-state index in [4.69, 9.17) is 4.74 Å². The zero-order chi connectivity index (χ0) is 14.4. The normalized spacial score (nSPS) is 17.6. The van der Waals surface area contributed by atoms with Crippen LogP contribution in [0.4, 0.5) is 0 Å².